The predicted octanol–water partition coefficient (Wildman–Crippen LogP) is 3.24. The molecule has 0 aromatic carbocycles. The number of aromatic nitrogens is 2. The van der Waals surface area contributed by atoms with Gasteiger partial charge in [0.1, 0.15) is 11.0 Å². The Bertz CT molecular complexity index is 500. The molecule has 4 heteroatoms. The fraction of sp³-hybridized carbons (Fsp3) is 0.0909. The van der Waals surface area contributed by atoms with E-state index in [4.69, 9.17) is 11.6 Å². The van der Waals surface area contributed by atoms with Crippen molar-refractivity contribution in [3.05, 3.63) is 47.1 Å². The number of rotatable bonds is 1. The summed E-state index contributed by atoms with van der Waals surface area (Å²) in [6.07, 6.45) is 1.39. The molecule has 0 amide bonds. The number of hydrogen-bond donors (Lipinski definition) is 0. The van der Waals surface area contributed by atoms with Crippen molar-refractivity contribution < 1.29 is 4.39 Å². The molecule has 15 heavy (non-hydrogen) atoms. The second-order valence-corrected chi connectivity index (χ2v) is 3.54. The molecular weight excluding hydrogens is 215 g/mol. The van der Waals surface area contributed by atoms with Crippen molar-refractivity contribution in [1.82, 2.24) is 9.97 Å². The first-order valence-electron chi connectivity index (χ1n) is 4.42. The number of pyridine rings is 2. The van der Waals surface area contributed by atoms with Crippen LogP contribution in [0.1, 0.15) is 5.69 Å². The van der Waals surface area contributed by atoms with Crippen LogP contribution in [0, 0.1) is 12.7 Å². The molecule has 0 aliphatic heterocycles. The van der Waals surface area contributed by atoms with Gasteiger partial charge in [-0.25, -0.2) is 9.37 Å². The van der Waals surface area contributed by atoms with Gasteiger partial charge in [-0.3, -0.25) is 4.98 Å². The van der Waals surface area contributed by atoms with Crippen LogP contribution in [0.3, 0.4) is 0 Å². The van der Waals surface area contributed by atoms with Crippen LogP contribution >= 0.6 is 11.6 Å². The Balaban J connectivity index is 2.54. The monoisotopic (exact) mass is 222 g/mol. The summed E-state index contributed by atoms with van der Waals surface area (Å²) in [7, 11) is 0. The summed E-state index contributed by atoms with van der Waals surface area (Å²) in [5.41, 5.74) is 1.77. The van der Waals surface area contributed by atoms with Gasteiger partial charge < -0.3 is 0 Å². The lowest BCUT2D eigenvalue weighted by atomic mass is 10.2. The molecule has 0 radical (unpaired) electrons. The lowest BCUT2D eigenvalue weighted by Gasteiger charge is -2.02. The highest BCUT2D eigenvalue weighted by atomic mass is 35.5. The fourth-order valence-corrected chi connectivity index (χ4v) is 1.43. The Kier molecular flexibility index (Phi) is 2.64. The van der Waals surface area contributed by atoms with Crippen LogP contribution in [-0.2, 0) is 0 Å². The van der Waals surface area contributed by atoms with Crippen LogP contribution < -0.4 is 0 Å². The summed E-state index contributed by atoms with van der Waals surface area (Å²) >= 11 is 5.56. The molecule has 2 nitrogen and oxygen atoms in total. The Labute approximate surface area is 91.8 Å². The lowest BCUT2D eigenvalue weighted by molar-refractivity contribution is 0.628. The van der Waals surface area contributed by atoms with Gasteiger partial charge in [0.05, 0.1) is 11.3 Å². The van der Waals surface area contributed by atoms with Gasteiger partial charge in [-0.2, -0.15) is 0 Å². The molecule has 0 fully saturated rings. The Hall–Kier alpha value is -1.48. The number of hydrogen-bond acceptors (Lipinski definition) is 2. The number of nitrogens with zero attached hydrogens (tertiary/aromatic N) is 2. The van der Waals surface area contributed by atoms with E-state index in [0.717, 1.165) is 5.69 Å². The molecule has 76 valence electrons. The van der Waals surface area contributed by atoms with Gasteiger partial charge in [0, 0.05) is 18.0 Å². The predicted molar refractivity (Wildman–Crippen MR) is 57.2 cm³/mol. The van der Waals surface area contributed by atoms with Crippen LogP contribution in [0.2, 0.25) is 5.15 Å². The molecule has 2 aromatic rings. The highest BCUT2D eigenvalue weighted by Gasteiger charge is 2.07. The van der Waals surface area contributed by atoms with Crippen LogP contribution in [-0.4, -0.2) is 9.97 Å². The largest absolute Gasteiger partial charge is 0.253 e. The van der Waals surface area contributed by atoms with Crippen molar-refractivity contribution in [3.8, 4) is 11.3 Å². The van der Waals surface area contributed by atoms with E-state index in [2.05, 4.69) is 9.97 Å². The van der Waals surface area contributed by atoms with Crippen molar-refractivity contribution in [2.45, 2.75) is 6.92 Å². The Morgan fingerprint density at radius 3 is 2.80 bits per heavy atom. The third-order valence-corrected chi connectivity index (χ3v) is 2.19. The smallest absolute Gasteiger partial charge is 0.137 e. The molecule has 0 saturated carbocycles. The van der Waals surface area contributed by atoms with Gasteiger partial charge in [-0.1, -0.05) is 17.7 Å². The molecule has 2 heterocycles. The molecule has 2 rings (SSSR count). The average Bonchev–Trinajstić information content (AvgIpc) is 2.17. The van der Waals surface area contributed by atoms with E-state index in [-0.39, 0.29) is 5.15 Å². The third kappa shape index (κ3) is 2.13. The van der Waals surface area contributed by atoms with Crippen LogP contribution in [0.5, 0.6) is 0 Å². The molecular formula is C11H8ClFN2. The van der Waals surface area contributed by atoms with Crippen LogP contribution in [0.15, 0.2) is 30.5 Å². The molecule has 2 aromatic heterocycles. The van der Waals surface area contributed by atoms with Gasteiger partial charge in [0.2, 0.25) is 0 Å². The summed E-state index contributed by atoms with van der Waals surface area (Å²) in [5, 5.41) is 0.143. The second-order valence-electron chi connectivity index (χ2n) is 3.15. The normalized spacial score (nSPS) is 10.3. The highest BCUT2D eigenvalue weighted by molar-refractivity contribution is 6.29. The van der Waals surface area contributed by atoms with Gasteiger partial charge in [-0.05, 0) is 19.1 Å². The van der Waals surface area contributed by atoms with Gasteiger partial charge in [-0.15, -0.1) is 0 Å². The highest BCUT2D eigenvalue weighted by Crippen LogP contribution is 2.21. The first-order chi connectivity index (χ1) is 7.16. The van der Waals surface area contributed by atoms with Crippen LogP contribution in [0.4, 0.5) is 4.39 Å². The van der Waals surface area contributed by atoms with Gasteiger partial charge >= 0.3 is 0 Å². The quantitative estimate of drug-likeness (QED) is 0.693. The van der Waals surface area contributed by atoms with E-state index in [1.807, 2.05) is 19.1 Å². The number of aryl methyl sites for hydroxylation is 1. The van der Waals surface area contributed by atoms with E-state index in [1.165, 1.54) is 12.3 Å². The fourth-order valence-electron chi connectivity index (χ4n) is 1.29. The maximum absolute atomic E-state index is 13.5. The minimum Gasteiger partial charge on any atom is -0.253 e. The molecule has 0 N–H and O–H groups in total. The van der Waals surface area contributed by atoms with Crippen molar-refractivity contribution in [1.29, 1.82) is 0 Å². The molecule has 0 unspecified atom stereocenters. The van der Waals surface area contributed by atoms with E-state index >= 15 is 0 Å². The summed E-state index contributed by atoms with van der Waals surface area (Å²) in [6, 6.07) is 6.60. The number of halogens is 2. The lowest BCUT2D eigenvalue weighted by Crippen LogP contribution is -1.91. The standard InChI is InChI=1S/C11H8ClFN2/c1-7-3-2-4-10(15-7)8-6-14-11(12)5-9(8)13/h2-6H,1H3. The maximum atomic E-state index is 13.5. The van der Waals surface area contributed by atoms with Crippen molar-refractivity contribution in [2.24, 2.45) is 0 Å². The van der Waals surface area contributed by atoms with Crippen molar-refractivity contribution in [2.75, 3.05) is 0 Å². The van der Waals surface area contributed by atoms with E-state index in [9.17, 15) is 4.39 Å². The molecule has 0 bridgehead atoms. The molecule has 0 saturated heterocycles. The Morgan fingerprint density at radius 1 is 1.33 bits per heavy atom. The summed E-state index contributed by atoms with van der Waals surface area (Å²) in [5.74, 6) is -0.409. The topological polar surface area (TPSA) is 25.8 Å². The molecule has 0 aliphatic rings. The van der Waals surface area contributed by atoms with Gasteiger partial charge in [0.15, 0.2) is 0 Å². The van der Waals surface area contributed by atoms with Gasteiger partial charge in [0.25, 0.3) is 0 Å². The third-order valence-electron chi connectivity index (χ3n) is 1.98. The van der Waals surface area contributed by atoms with E-state index in [0.29, 0.717) is 11.3 Å². The van der Waals surface area contributed by atoms with Crippen LogP contribution in [0.25, 0.3) is 11.3 Å². The first-order valence-corrected chi connectivity index (χ1v) is 4.79. The molecule has 0 atom stereocenters. The molecule has 0 spiro atoms. The summed E-state index contributed by atoms with van der Waals surface area (Å²) in [6.45, 7) is 1.85. The molecule has 0 aliphatic carbocycles. The van der Waals surface area contributed by atoms with E-state index < -0.39 is 5.82 Å². The van der Waals surface area contributed by atoms with Crippen molar-refractivity contribution in [3.63, 3.8) is 0 Å². The summed E-state index contributed by atoms with van der Waals surface area (Å²) in [4.78, 5) is 8.04. The minimum atomic E-state index is -0.409. The summed E-state index contributed by atoms with van der Waals surface area (Å²) < 4.78 is 13.5. The maximum Gasteiger partial charge on any atom is 0.137 e. The zero-order valence-electron chi connectivity index (χ0n) is 8.04. The zero-order chi connectivity index (χ0) is 10.8. The Morgan fingerprint density at radius 2 is 2.13 bits per heavy atom. The second kappa shape index (κ2) is 3.95. The first kappa shape index (κ1) is 10.1. The minimum absolute atomic E-state index is 0.143. The zero-order valence-corrected chi connectivity index (χ0v) is 8.79. The van der Waals surface area contributed by atoms with E-state index in [1.54, 1.807) is 6.07 Å². The average molecular weight is 223 g/mol. The van der Waals surface area contributed by atoms with Crippen molar-refractivity contribution >= 4 is 11.6 Å². The SMILES string of the molecule is Cc1cccc(-c2cnc(Cl)cc2F)n1.